The Morgan fingerprint density at radius 2 is 1.95 bits per heavy atom. The lowest BCUT2D eigenvalue weighted by Gasteiger charge is -2.14. The van der Waals surface area contributed by atoms with Gasteiger partial charge in [0.2, 0.25) is 15.9 Å². The average molecular weight is 523 g/mol. The summed E-state index contributed by atoms with van der Waals surface area (Å²) in [4.78, 5) is 22.5. The van der Waals surface area contributed by atoms with Crippen LogP contribution in [0.15, 0.2) is 30.6 Å². The first-order valence-electron chi connectivity index (χ1n) is 11.5. The highest BCUT2D eigenvalue weighted by atomic mass is 32.2. The van der Waals surface area contributed by atoms with E-state index in [1.165, 1.54) is 12.4 Å². The van der Waals surface area contributed by atoms with Crippen molar-refractivity contribution >= 4 is 49.7 Å². The summed E-state index contributed by atoms with van der Waals surface area (Å²) < 4.78 is 43.6. The number of rotatable bonds is 3. The highest BCUT2D eigenvalue weighted by Gasteiger charge is 2.28. The molecule has 190 valence electrons. The van der Waals surface area contributed by atoms with Crippen molar-refractivity contribution in [1.29, 1.82) is 0 Å². The summed E-state index contributed by atoms with van der Waals surface area (Å²) in [7, 11) is -1.73. The molecule has 4 aromatic rings. The van der Waals surface area contributed by atoms with E-state index < -0.39 is 15.8 Å². The monoisotopic (exact) mass is 522 g/mol. The largest absolute Gasteiger partial charge is 0.396 e. The normalized spacial score (nSPS) is 16.3. The van der Waals surface area contributed by atoms with E-state index in [2.05, 4.69) is 25.1 Å². The third-order valence-electron chi connectivity index (χ3n) is 6.82. The third kappa shape index (κ3) is 3.91. The molecule has 0 atom stereocenters. The number of sulfonamides is 1. The first-order chi connectivity index (χ1) is 17.6. The van der Waals surface area contributed by atoms with Crippen LogP contribution in [0.4, 0.5) is 27.4 Å². The highest BCUT2D eigenvalue weighted by molar-refractivity contribution is 7.92. The smallest absolute Gasteiger partial charge is 0.244 e. The van der Waals surface area contributed by atoms with E-state index in [0.29, 0.717) is 57.9 Å². The molecule has 2 aliphatic heterocycles. The molecule has 0 spiro atoms. The Kier molecular flexibility index (Phi) is 5.09. The number of halogens is 1. The number of nitrogens with zero attached hydrogens (tertiary/aromatic N) is 5. The molecule has 0 bridgehead atoms. The number of aromatic nitrogens is 4. The van der Waals surface area contributed by atoms with Crippen LogP contribution in [-0.4, -0.2) is 52.6 Å². The fourth-order valence-electron chi connectivity index (χ4n) is 4.75. The van der Waals surface area contributed by atoms with Crippen molar-refractivity contribution in [3.63, 3.8) is 0 Å². The summed E-state index contributed by atoms with van der Waals surface area (Å²) in [6.07, 6.45) is 3.64. The second-order valence-corrected chi connectivity index (χ2v) is 11.0. The molecule has 3 aromatic heterocycles. The van der Waals surface area contributed by atoms with Gasteiger partial charge in [0.05, 0.1) is 17.1 Å². The van der Waals surface area contributed by atoms with Crippen LogP contribution in [0.5, 0.6) is 0 Å². The van der Waals surface area contributed by atoms with Gasteiger partial charge in [-0.15, -0.1) is 0 Å². The van der Waals surface area contributed by atoms with Gasteiger partial charge in [-0.3, -0.25) is 19.2 Å². The Morgan fingerprint density at radius 3 is 2.76 bits per heavy atom. The van der Waals surface area contributed by atoms with Gasteiger partial charge in [0, 0.05) is 60.7 Å². The molecule has 0 unspecified atom stereocenters. The van der Waals surface area contributed by atoms with Crippen LogP contribution in [0.3, 0.4) is 0 Å². The Hall–Kier alpha value is -4.26. The van der Waals surface area contributed by atoms with Crippen molar-refractivity contribution in [1.82, 2.24) is 24.6 Å². The van der Waals surface area contributed by atoms with Crippen molar-refractivity contribution in [2.75, 3.05) is 29.4 Å². The molecule has 37 heavy (non-hydrogen) atoms. The number of fused-ring (bicyclic) bond motifs is 3. The second kappa shape index (κ2) is 8.13. The molecular formula is C24H23FN8O3S. The summed E-state index contributed by atoms with van der Waals surface area (Å²) in [5, 5.41) is 8.72. The number of nitrogen functional groups attached to an aromatic ring is 1. The van der Waals surface area contributed by atoms with Crippen LogP contribution in [0, 0.1) is 12.7 Å². The summed E-state index contributed by atoms with van der Waals surface area (Å²) in [5.74, 6) is 0.159. The van der Waals surface area contributed by atoms with Crippen LogP contribution in [0.1, 0.15) is 17.0 Å². The number of amides is 1. The number of likely N-dealkylation sites (N-methyl/N-ethyl adjacent to an activating group) is 1. The zero-order chi connectivity index (χ0) is 26.1. The molecule has 1 amide bonds. The van der Waals surface area contributed by atoms with Crippen LogP contribution >= 0.6 is 0 Å². The maximum atomic E-state index is 15.4. The SMILES string of the molecule is Cc1c(-c2cc3cc(Nc4cc5n(n4)CC(=O)N(C)CC5)ncc3c(N)c2F)cnc2c1NS(=O)(=O)C2. The van der Waals surface area contributed by atoms with Crippen LogP contribution in [0.25, 0.3) is 21.9 Å². The molecule has 13 heteroatoms. The standard InChI is InChI=1S/C24H23FN8O3S/c1-12-16(8-27-18-11-37(35,36)31-24(12)18)15-5-13-6-19(28-9-17(13)23(26)22(15)25)29-20-7-14-3-4-32(2)21(34)10-33(14)30-20/h5-9,31H,3-4,10-11,26H2,1-2H3,(H,28,29,30). The van der Waals surface area contributed by atoms with Crippen molar-refractivity contribution in [3.8, 4) is 11.1 Å². The Balaban J connectivity index is 1.37. The quantitative estimate of drug-likeness (QED) is 0.348. The molecule has 0 saturated carbocycles. The molecule has 6 rings (SSSR count). The summed E-state index contributed by atoms with van der Waals surface area (Å²) >= 11 is 0. The van der Waals surface area contributed by atoms with E-state index in [1.807, 2.05) is 6.07 Å². The van der Waals surface area contributed by atoms with Gasteiger partial charge in [-0.25, -0.2) is 17.8 Å². The van der Waals surface area contributed by atoms with E-state index >= 15 is 4.39 Å². The second-order valence-electron chi connectivity index (χ2n) is 9.29. The summed E-state index contributed by atoms with van der Waals surface area (Å²) in [6, 6.07) is 5.25. The van der Waals surface area contributed by atoms with Gasteiger partial charge in [-0.2, -0.15) is 5.10 Å². The Labute approximate surface area is 211 Å². The molecule has 11 nitrogen and oxygen atoms in total. The first-order valence-corrected chi connectivity index (χ1v) is 13.2. The predicted molar refractivity (Wildman–Crippen MR) is 137 cm³/mol. The Bertz CT molecular complexity index is 1730. The molecule has 5 heterocycles. The zero-order valence-electron chi connectivity index (χ0n) is 20.0. The number of carbonyl (C=O) groups excluding carboxylic acids is 1. The molecule has 0 radical (unpaired) electrons. The van der Waals surface area contributed by atoms with Crippen molar-refractivity contribution in [2.24, 2.45) is 0 Å². The van der Waals surface area contributed by atoms with Crippen LogP contribution in [-0.2, 0) is 33.5 Å². The number of pyridine rings is 2. The Morgan fingerprint density at radius 1 is 1.14 bits per heavy atom. The average Bonchev–Trinajstić information content (AvgIpc) is 3.34. The van der Waals surface area contributed by atoms with Crippen molar-refractivity contribution < 1.29 is 17.6 Å². The number of nitrogens with one attached hydrogen (secondary N) is 2. The highest BCUT2D eigenvalue weighted by Crippen LogP contribution is 2.39. The molecular weight excluding hydrogens is 499 g/mol. The maximum Gasteiger partial charge on any atom is 0.244 e. The van der Waals surface area contributed by atoms with Gasteiger partial charge in [-0.05, 0) is 30.0 Å². The summed E-state index contributed by atoms with van der Waals surface area (Å²) in [6.45, 7) is 2.50. The number of hydrogen-bond acceptors (Lipinski definition) is 8. The number of carbonyl (C=O) groups is 1. The first kappa shape index (κ1) is 23.2. The summed E-state index contributed by atoms with van der Waals surface area (Å²) in [5.41, 5.74) is 9.00. The van der Waals surface area contributed by atoms with E-state index in [9.17, 15) is 13.2 Å². The van der Waals surface area contributed by atoms with E-state index in [4.69, 9.17) is 5.73 Å². The fourth-order valence-corrected chi connectivity index (χ4v) is 5.98. The van der Waals surface area contributed by atoms with E-state index in [1.54, 1.807) is 35.7 Å². The number of hydrogen-bond donors (Lipinski definition) is 3. The van der Waals surface area contributed by atoms with Crippen LogP contribution < -0.4 is 15.8 Å². The topological polar surface area (TPSA) is 148 Å². The number of nitrogens with two attached hydrogens (primary N) is 1. The van der Waals surface area contributed by atoms with Crippen LogP contribution in [0.2, 0.25) is 0 Å². The van der Waals surface area contributed by atoms with Gasteiger partial charge in [0.15, 0.2) is 11.6 Å². The minimum absolute atomic E-state index is 0.00796. The van der Waals surface area contributed by atoms with Crippen molar-refractivity contribution in [3.05, 3.63) is 53.4 Å². The zero-order valence-corrected chi connectivity index (χ0v) is 20.9. The minimum atomic E-state index is -3.50. The minimum Gasteiger partial charge on any atom is -0.396 e. The molecule has 0 saturated heterocycles. The molecule has 0 aliphatic carbocycles. The molecule has 4 N–H and O–H groups in total. The van der Waals surface area contributed by atoms with E-state index in [0.717, 1.165) is 5.69 Å². The van der Waals surface area contributed by atoms with Gasteiger partial charge in [0.25, 0.3) is 0 Å². The van der Waals surface area contributed by atoms with Gasteiger partial charge < -0.3 is 16.0 Å². The molecule has 2 aliphatic rings. The lowest BCUT2D eigenvalue weighted by atomic mass is 9.96. The molecule has 0 fully saturated rings. The lowest BCUT2D eigenvalue weighted by Crippen LogP contribution is -2.29. The number of anilines is 4. The van der Waals surface area contributed by atoms with Gasteiger partial charge >= 0.3 is 0 Å². The predicted octanol–water partition coefficient (Wildman–Crippen LogP) is 2.54. The fraction of sp³-hybridized carbons (Fsp3) is 0.250. The van der Waals surface area contributed by atoms with E-state index in [-0.39, 0.29) is 29.5 Å². The van der Waals surface area contributed by atoms with Crippen molar-refractivity contribution in [2.45, 2.75) is 25.6 Å². The molecule has 1 aromatic carbocycles. The van der Waals surface area contributed by atoms with Gasteiger partial charge in [-0.1, -0.05) is 0 Å². The third-order valence-corrected chi connectivity index (χ3v) is 7.99. The lowest BCUT2D eigenvalue weighted by molar-refractivity contribution is -0.130. The number of benzene rings is 1. The van der Waals surface area contributed by atoms with Gasteiger partial charge in [0.1, 0.15) is 18.1 Å². The maximum absolute atomic E-state index is 15.4.